The topological polar surface area (TPSA) is 55.1 Å². The normalized spacial score (nSPS) is 15.5. The zero-order chi connectivity index (χ0) is 15.7. The molecule has 0 aromatic heterocycles. The van der Waals surface area contributed by atoms with Crippen LogP contribution in [-0.4, -0.2) is 11.9 Å². The van der Waals surface area contributed by atoms with E-state index in [1.165, 1.54) is 0 Å². The monoisotopic (exact) mass is 318 g/mol. The minimum Gasteiger partial charge on any atom is -0.368 e. The molecule has 5 heteroatoms. The Morgan fingerprint density at radius 3 is 2.50 bits per heavy atom. The van der Waals surface area contributed by atoms with Gasteiger partial charge in [-0.05, 0) is 30.5 Å². The van der Waals surface area contributed by atoms with Crippen LogP contribution in [0.1, 0.15) is 24.4 Å². The SMILES string of the molecule is NC(=O)C(NC1CC1)c1c(Cl)ccc(-c2ccccc2)c1F. The van der Waals surface area contributed by atoms with Crippen molar-refractivity contribution in [2.45, 2.75) is 24.9 Å². The molecule has 2 aromatic carbocycles. The number of amides is 1. The van der Waals surface area contributed by atoms with E-state index < -0.39 is 17.8 Å². The third-order valence-corrected chi connectivity index (χ3v) is 4.09. The highest BCUT2D eigenvalue weighted by Crippen LogP contribution is 2.34. The quantitative estimate of drug-likeness (QED) is 0.887. The first-order valence-electron chi connectivity index (χ1n) is 7.16. The van der Waals surface area contributed by atoms with E-state index in [4.69, 9.17) is 17.3 Å². The summed E-state index contributed by atoms with van der Waals surface area (Å²) in [6, 6.07) is 11.6. The molecule has 0 radical (unpaired) electrons. The number of nitrogens with two attached hydrogens (primary N) is 1. The van der Waals surface area contributed by atoms with E-state index in [1.807, 2.05) is 30.3 Å². The summed E-state index contributed by atoms with van der Waals surface area (Å²) in [7, 11) is 0. The Balaban J connectivity index is 2.07. The third-order valence-electron chi connectivity index (χ3n) is 3.76. The van der Waals surface area contributed by atoms with Crippen LogP contribution < -0.4 is 11.1 Å². The first kappa shape index (κ1) is 15.0. The summed E-state index contributed by atoms with van der Waals surface area (Å²) in [5, 5.41) is 3.27. The van der Waals surface area contributed by atoms with Crippen molar-refractivity contribution < 1.29 is 9.18 Å². The summed E-state index contributed by atoms with van der Waals surface area (Å²) in [6.45, 7) is 0. The van der Waals surface area contributed by atoms with Crippen molar-refractivity contribution in [2.75, 3.05) is 0 Å². The van der Waals surface area contributed by atoms with E-state index in [0.717, 1.165) is 18.4 Å². The second-order valence-electron chi connectivity index (χ2n) is 5.46. The van der Waals surface area contributed by atoms with Gasteiger partial charge in [0.2, 0.25) is 5.91 Å². The first-order valence-corrected chi connectivity index (χ1v) is 7.54. The lowest BCUT2D eigenvalue weighted by atomic mass is 9.97. The number of carbonyl (C=O) groups is 1. The van der Waals surface area contributed by atoms with E-state index in [2.05, 4.69) is 5.32 Å². The van der Waals surface area contributed by atoms with Crippen LogP contribution in [0.3, 0.4) is 0 Å². The van der Waals surface area contributed by atoms with Crippen molar-refractivity contribution in [1.29, 1.82) is 0 Å². The molecule has 1 aliphatic rings. The van der Waals surface area contributed by atoms with Crippen molar-refractivity contribution in [2.24, 2.45) is 5.73 Å². The molecule has 1 fully saturated rings. The summed E-state index contributed by atoms with van der Waals surface area (Å²) < 4.78 is 15.0. The number of nitrogens with one attached hydrogen (secondary N) is 1. The molecule has 114 valence electrons. The van der Waals surface area contributed by atoms with Gasteiger partial charge in [-0.25, -0.2) is 4.39 Å². The summed E-state index contributed by atoms with van der Waals surface area (Å²) in [5.41, 5.74) is 6.71. The Labute approximate surface area is 133 Å². The van der Waals surface area contributed by atoms with Crippen molar-refractivity contribution >= 4 is 17.5 Å². The Morgan fingerprint density at radius 1 is 1.23 bits per heavy atom. The number of benzene rings is 2. The van der Waals surface area contributed by atoms with E-state index in [9.17, 15) is 9.18 Å². The van der Waals surface area contributed by atoms with Crippen LogP contribution in [0.25, 0.3) is 11.1 Å². The largest absolute Gasteiger partial charge is 0.368 e. The number of hydrogen-bond acceptors (Lipinski definition) is 2. The van der Waals surface area contributed by atoms with Gasteiger partial charge < -0.3 is 5.73 Å². The molecule has 3 N–H and O–H groups in total. The van der Waals surface area contributed by atoms with Crippen molar-refractivity contribution in [3.8, 4) is 11.1 Å². The third kappa shape index (κ3) is 2.98. The van der Waals surface area contributed by atoms with Crippen LogP contribution >= 0.6 is 11.6 Å². The van der Waals surface area contributed by atoms with E-state index in [-0.39, 0.29) is 16.6 Å². The fourth-order valence-electron chi connectivity index (χ4n) is 2.47. The summed E-state index contributed by atoms with van der Waals surface area (Å²) in [4.78, 5) is 11.7. The summed E-state index contributed by atoms with van der Waals surface area (Å²) in [5.74, 6) is -1.13. The fraction of sp³-hybridized carbons (Fsp3) is 0.235. The van der Waals surface area contributed by atoms with Crippen LogP contribution in [0.5, 0.6) is 0 Å². The van der Waals surface area contributed by atoms with Gasteiger partial charge in [0.05, 0.1) is 0 Å². The molecule has 1 aliphatic carbocycles. The Bertz CT molecular complexity index is 701. The predicted molar refractivity (Wildman–Crippen MR) is 84.9 cm³/mol. The predicted octanol–water partition coefficient (Wildman–Crippen LogP) is 3.42. The number of hydrogen-bond donors (Lipinski definition) is 2. The Hall–Kier alpha value is -1.91. The molecule has 0 bridgehead atoms. The zero-order valence-corrected chi connectivity index (χ0v) is 12.6. The van der Waals surface area contributed by atoms with Gasteiger partial charge in [0.1, 0.15) is 11.9 Å². The van der Waals surface area contributed by atoms with Gasteiger partial charge >= 0.3 is 0 Å². The van der Waals surface area contributed by atoms with Crippen LogP contribution in [0.2, 0.25) is 5.02 Å². The van der Waals surface area contributed by atoms with Crippen molar-refractivity contribution in [3.63, 3.8) is 0 Å². The van der Waals surface area contributed by atoms with E-state index in [1.54, 1.807) is 12.1 Å². The van der Waals surface area contributed by atoms with Crippen LogP contribution in [0.15, 0.2) is 42.5 Å². The van der Waals surface area contributed by atoms with Gasteiger partial charge in [-0.15, -0.1) is 0 Å². The standard InChI is InChI=1S/C17H16ClFN2O/c18-13-9-8-12(10-4-2-1-3-5-10)15(19)14(13)16(17(20)22)21-11-6-7-11/h1-5,8-9,11,16,21H,6-7H2,(H2,20,22). The maximum atomic E-state index is 15.0. The minimum atomic E-state index is -0.913. The van der Waals surface area contributed by atoms with Crippen LogP contribution in [-0.2, 0) is 4.79 Å². The van der Waals surface area contributed by atoms with Gasteiger partial charge in [0.25, 0.3) is 0 Å². The molecule has 3 nitrogen and oxygen atoms in total. The molecule has 1 atom stereocenters. The van der Waals surface area contributed by atoms with Gasteiger partial charge in [0, 0.05) is 22.2 Å². The second kappa shape index (κ2) is 6.07. The maximum absolute atomic E-state index is 15.0. The molecule has 0 heterocycles. The summed E-state index contributed by atoms with van der Waals surface area (Å²) in [6.07, 6.45) is 1.92. The average Bonchev–Trinajstić information content (AvgIpc) is 3.31. The molecular formula is C17H16ClFN2O. The first-order chi connectivity index (χ1) is 10.6. The Morgan fingerprint density at radius 2 is 1.91 bits per heavy atom. The van der Waals surface area contributed by atoms with Gasteiger partial charge in [-0.2, -0.15) is 0 Å². The van der Waals surface area contributed by atoms with E-state index >= 15 is 0 Å². The van der Waals surface area contributed by atoms with Gasteiger partial charge in [-0.1, -0.05) is 41.9 Å². The average molecular weight is 319 g/mol. The highest BCUT2D eigenvalue weighted by atomic mass is 35.5. The Kier molecular flexibility index (Phi) is 4.14. The molecule has 0 aliphatic heterocycles. The number of primary amides is 1. The number of rotatable bonds is 5. The molecule has 1 saturated carbocycles. The lowest BCUT2D eigenvalue weighted by molar-refractivity contribution is -0.120. The molecular weight excluding hydrogens is 303 g/mol. The number of halogens is 2. The van der Waals surface area contributed by atoms with Gasteiger partial charge in [-0.3, -0.25) is 10.1 Å². The molecule has 1 unspecified atom stereocenters. The van der Waals surface area contributed by atoms with Crippen molar-refractivity contribution in [3.05, 3.63) is 58.9 Å². The highest BCUT2D eigenvalue weighted by Gasteiger charge is 2.32. The minimum absolute atomic E-state index is 0.127. The number of carbonyl (C=O) groups excluding carboxylic acids is 1. The molecule has 2 aromatic rings. The smallest absolute Gasteiger partial charge is 0.239 e. The fourth-order valence-corrected chi connectivity index (χ4v) is 2.72. The molecule has 0 saturated heterocycles. The zero-order valence-electron chi connectivity index (χ0n) is 11.9. The summed E-state index contributed by atoms with van der Waals surface area (Å²) >= 11 is 6.14. The molecule has 3 rings (SSSR count). The lowest BCUT2D eigenvalue weighted by Crippen LogP contribution is -2.35. The van der Waals surface area contributed by atoms with Crippen LogP contribution in [0.4, 0.5) is 4.39 Å². The highest BCUT2D eigenvalue weighted by molar-refractivity contribution is 6.31. The van der Waals surface area contributed by atoms with Crippen LogP contribution in [0, 0.1) is 5.82 Å². The molecule has 0 spiro atoms. The lowest BCUT2D eigenvalue weighted by Gasteiger charge is -2.19. The molecule has 22 heavy (non-hydrogen) atoms. The van der Waals surface area contributed by atoms with Crippen molar-refractivity contribution in [1.82, 2.24) is 5.32 Å². The maximum Gasteiger partial charge on any atom is 0.239 e. The van der Waals surface area contributed by atoms with Gasteiger partial charge in [0.15, 0.2) is 0 Å². The van der Waals surface area contributed by atoms with E-state index in [0.29, 0.717) is 5.56 Å². The molecule has 1 amide bonds. The second-order valence-corrected chi connectivity index (χ2v) is 5.87.